The molecule has 148 valence electrons. The average molecular weight is 389 g/mol. The second-order valence-electron chi connectivity index (χ2n) is 7.84. The third-order valence-electron chi connectivity index (χ3n) is 6.05. The number of fused-ring (bicyclic) bond motifs is 2. The lowest BCUT2D eigenvalue weighted by Gasteiger charge is -2.36. The molecule has 2 aromatic carbocycles. The predicted octanol–water partition coefficient (Wildman–Crippen LogP) is 2.40. The second-order valence-corrected chi connectivity index (χ2v) is 7.84. The van der Waals surface area contributed by atoms with E-state index in [2.05, 4.69) is 15.4 Å². The summed E-state index contributed by atoms with van der Waals surface area (Å²) in [6.45, 7) is 2.33. The highest BCUT2D eigenvalue weighted by molar-refractivity contribution is 6.07. The smallest absolute Gasteiger partial charge is 0.254 e. The summed E-state index contributed by atoms with van der Waals surface area (Å²) in [5, 5.41) is 12.9. The summed E-state index contributed by atoms with van der Waals surface area (Å²) in [6.07, 6.45) is 2.39. The lowest BCUT2D eigenvalue weighted by atomic mass is 9.94. The number of amides is 2. The minimum atomic E-state index is -0.156. The number of carbonyl (C=O) groups excluding carboxylic acids is 2. The maximum Gasteiger partial charge on any atom is 0.254 e. The number of hydrogen-bond acceptors (Lipinski definition) is 4. The van der Waals surface area contributed by atoms with E-state index in [1.807, 2.05) is 52.3 Å². The molecule has 29 heavy (non-hydrogen) atoms. The molecule has 3 aromatic rings. The Morgan fingerprint density at radius 2 is 1.79 bits per heavy atom. The molecule has 1 atom stereocenters. The number of piperidine rings is 1. The minimum absolute atomic E-state index is 0.0109. The fourth-order valence-electron chi connectivity index (χ4n) is 4.49. The van der Waals surface area contributed by atoms with Gasteiger partial charge < -0.3 is 9.80 Å². The summed E-state index contributed by atoms with van der Waals surface area (Å²) >= 11 is 0. The van der Waals surface area contributed by atoms with E-state index in [9.17, 15) is 9.59 Å². The van der Waals surface area contributed by atoms with Crippen LogP contribution >= 0.6 is 0 Å². The van der Waals surface area contributed by atoms with E-state index >= 15 is 0 Å². The normalized spacial score (nSPS) is 19.2. The molecule has 5 rings (SSSR count). The molecule has 2 aliphatic rings. The van der Waals surface area contributed by atoms with Crippen LogP contribution in [0.2, 0.25) is 0 Å². The monoisotopic (exact) mass is 389 g/mol. The molecule has 7 nitrogen and oxygen atoms in total. The molecule has 1 N–H and O–H groups in total. The molecule has 7 heteroatoms. The number of nitrogens with zero attached hydrogens (tertiary/aromatic N) is 4. The van der Waals surface area contributed by atoms with Gasteiger partial charge in [-0.3, -0.25) is 9.59 Å². The van der Waals surface area contributed by atoms with Crippen molar-refractivity contribution in [3.63, 3.8) is 0 Å². The molecule has 1 aromatic heterocycles. The molecule has 2 amide bonds. The van der Waals surface area contributed by atoms with E-state index in [4.69, 9.17) is 0 Å². The summed E-state index contributed by atoms with van der Waals surface area (Å²) < 4.78 is 0. The van der Waals surface area contributed by atoms with Gasteiger partial charge in [0.15, 0.2) is 0 Å². The van der Waals surface area contributed by atoms with Gasteiger partial charge in [0.2, 0.25) is 5.91 Å². The molecule has 0 radical (unpaired) electrons. The molecule has 0 spiro atoms. The number of aromatic amines is 1. The van der Waals surface area contributed by atoms with Gasteiger partial charge in [0.25, 0.3) is 5.91 Å². The standard InChI is InChI=1S/C22H23N5O2/c28-21(27-12-10-19-20(14-27)24-25-23-19)16-7-4-11-26(13-16)22(29)18-9-3-6-15-5-1-2-8-17(15)18/h1-3,5-6,8-9,16H,4,7,10-14H2,(H,23,24,25). The second kappa shape index (κ2) is 7.31. The maximum absolute atomic E-state index is 13.3. The van der Waals surface area contributed by atoms with Crippen LogP contribution in [-0.4, -0.2) is 56.7 Å². The van der Waals surface area contributed by atoms with Crippen LogP contribution in [0.4, 0.5) is 0 Å². The van der Waals surface area contributed by atoms with E-state index in [1.54, 1.807) is 0 Å². The summed E-state index contributed by atoms with van der Waals surface area (Å²) in [6, 6.07) is 13.8. The Morgan fingerprint density at radius 1 is 0.966 bits per heavy atom. The van der Waals surface area contributed by atoms with Crippen molar-refractivity contribution in [1.82, 2.24) is 25.2 Å². The lowest BCUT2D eigenvalue weighted by molar-refractivity contribution is -0.138. The van der Waals surface area contributed by atoms with E-state index in [0.29, 0.717) is 31.7 Å². The molecule has 0 aliphatic carbocycles. The number of hydrogen-bond donors (Lipinski definition) is 1. The van der Waals surface area contributed by atoms with Crippen LogP contribution in [-0.2, 0) is 17.8 Å². The molecular formula is C22H23N5O2. The van der Waals surface area contributed by atoms with Gasteiger partial charge in [-0.2, -0.15) is 15.4 Å². The number of aromatic nitrogens is 3. The Bertz CT molecular complexity index is 1070. The van der Waals surface area contributed by atoms with Crippen molar-refractivity contribution in [2.45, 2.75) is 25.8 Å². The van der Waals surface area contributed by atoms with Gasteiger partial charge in [-0.05, 0) is 29.7 Å². The average Bonchev–Trinajstić information content (AvgIpc) is 3.26. The van der Waals surface area contributed by atoms with Gasteiger partial charge in [-0.1, -0.05) is 36.4 Å². The minimum Gasteiger partial charge on any atom is -0.338 e. The Hall–Kier alpha value is -3.22. The lowest BCUT2D eigenvalue weighted by Crippen LogP contribution is -2.47. The molecule has 1 fully saturated rings. The third-order valence-corrected chi connectivity index (χ3v) is 6.05. The first-order chi connectivity index (χ1) is 14.2. The zero-order chi connectivity index (χ0) is 19.8. The Kier molecular flexibility index (Phi) is 4.50. The van der Waals surface area contributed by atoms with E-state index < -0.39 is 0 Å². The van der Waals surface area contributed by atoms with Crippen molar-refractivity contribution >= 4 is 22.6 Å². The van der Waals surface area contributed by atoms with Crippen LogP contribution in [0.15, 0.2) is 42.5 Å². The van der Waals surface area contributed by atoms with Gasteiger partial charge in [-0.25, -0.2) is 0 Å². The quantitative estimate of drug-likeness (QED) is 0.730. The van der Waals surface area contributed by atoms with E-state index in [1.165, 1.54) is 0 Å². The van der Waals surface area contributed by atoms with Crippen molar-refractivity contribution in [2.75, 3.05) is 19.6 Å². The highest BCUT2D eigenvalue weighted by atomic mass is 16.2. The highest BCUT2D eigenvalue weighted by Gasteiger charge is 2.33. The fraction of sp³-hybridized carbons (Fsp3) is 0.364. The predicted molar refractivity (Wildman–Crippen MR) is 108 cm³/mol. The first kappa shape index (κ1) is 17.8. The molecule has 0 bridgehead atoms. The zero-order valence-electron chi connectivity index (χ0n) is 16.2. The Morgan fingerprint density at radius 3 is 2.72 bits per heavy atom. The fourth-order valence-corrected chi connectivity index (χ4v) is 4.49. The Balaban J connectivity index is 1.33. The highest BCUT2D eigenvalue weighted by Crippen LogP contribution is 2.26. The number of benzene rings is 2. The summed E-state index contributed by atoms with van der Waals surface area (Å²) in [4.78, 5) is 30.1. The van der Waals surface area contributed by atoms with Gasteiger partial charge in [0.05, 0.1) is 18.2 Å². The number of carbonyl (C=O) groups is 2. The van der Waals surface area contributed by atoms with Gasteiger partial charge >= 0.3 is 0 Å². The van der Waals surface area contributed by atoms with Crippen molar-refractivity contribution in [2.24, 2.45) is 5.92 Å². The Labute approximate surface area is 168 Å². The molecule has 1 saturated heterocycles. The molecule has 2 aliphatic heterocycles. The molecular weight excluding hydrogens is 366 g/mol. The van der Waals surface area contributed by atoms with Crippen LogP contribution in [0.3, 0.4) is 0 Å². The van der Waals surface area contributed by atoms with Gasteiger partial charge in [0, 0.05) is 31.6 Å². The molecule has 1 unspecified atom stereocenters. The van der Waals surface area contributed by atoms with Crippen LogP contribution < -0.4 is 0 Å². The first-order valence-corrected chi connectivity index (χ1v) is 10.1. The van der Waals surface area contributed by atoms with E-state index in [-0.39, 0.29) is 17.7 Å². The van der Waals surface area contributed by atoms with Crippen LogP contribution in [0.1, 0.15) is 34.6 Å². The zero-order valence-corrected chi connectivity index (χ0v) is 16.2. The topological polar surface area (TPSA) is 82.2 Å². The summed E-state index contributed by atoms with van der Waals surface area (Å²) in [5.41, 5.74) is 2.51. The van der Waals surface area contributed by atoms with Gasteiger partial charge in [0.1, 0.15) is 5.69 Å². The van der Waals surface area contributed by atoms with Gasteiger partial charge in [-0.15, -0.1) is 0 Å². The number of nitrogens with one attached hydrogen (secondary N) is 1. The summed E-state index contributed by atoms with van der Waals surface area (Å²) in [7, 11) is 0. The SMILES string of the molecule is O=C(c1cccc2ccccc12)N1CCCC(C(=O)N2CCc3n[nH]nc3C2)C1. The molecule has 3 heterocycles. The van der Waals surface area contributed by atoms with Crippen molar-refractivity contribution in [3.05, 3.63) is 59.4 Å². The molecule has 0 saturated carbocycles. The van der Waals surface area contributed by atoms with Crippen molar-refractivity contribution in [1.29, 1.82) is 0 Å². The van der Waals surface area contributed by atoms with Crippen molar-refractivity contribution < 1.29 is 9.59 Å². The maximum atomic E-state index is 13.3. The number of rotatable bonds is 2. The number of H-pyrrole nitrogens is 1. The van der Waals surface area contributed by atoms with Crippen molar-refractivity contribution in [3.8, 4) is 0 Å². The van der Waals surface area contributed by atoms with Crippen LogP contribution in [0, 0.1) is 5.92 Å². The van der Waals surface area contributed by atoms with E-state index in [0.717, 1.165) is 41.4 Å². The largest absolute Gasteiger partial charge is 0.338 e. The van der Waals surface area contributed by atoms with Crippen LogP contribution in [0.5, 0.6) is 0 Å². The first-order valence-electron chi connectivity index (χ1n) is 10.1. The third kappa shape index (κ3) is 3.26. The number of likely N-dealkylation sites (tertiary alicyclic amines) is 1. The van der Waals surface area contributed by atoms with Crippen LogP contribution in [0.25, 0.3) is 10.8 Å². The summed E-state index contributed by atoms with van der Waals surface area (Å²) in [5.74, 6) is -0.0260.